The molecule has 0 radical (unpaired) electrons. The van der Waals surface area contributed by atoms with Crippen LogP contribution in [0.3, 0.4) is 0 Å². The second-order valence-electron chi connectivity index (χ2n) is 11.1. The summed E-state index contributed by atoms with van der Waals surface area (Å²) in [6.07, 6.45) is 4.75. The van der Waals surface area contributed by atoms with Gasteiger partial charge in [-0.05, 0) is 93.3 Å². The van der Waals surface area contributed by atoms with E-state index in [2.05, 4.69) is 13.0 Å². The number of halogens is 3. The number of hydrogen-bond acceptors (Lipinski definition) is 3. The lowest BCUT2D eigenvalue weighted by molar-refractivity contribution is -0.205. The number of allylic oxidation sites excluding steroid dienone is 1. The number of methoxy groups -OCH3 is 1. The normalized spacial score (nSPS) is 43.6. The molecule has 3 saturated carbocycles. The molecule has 0 saturated heterocycles. The van der Waals surface area contributed by atoms with Gasteiger partial charge in [-0.1, -0.05) is 25.0 Å². The van der Waals surface area contributed by atoms with E-state index in [1.54, 1.807) is 7.11 Å². The first-order valence-electron chi connectivity index (χ1n) is 12.2. The third-order valence-corrected chi connectivity index (χ3v) is 9.81. The van der Waals surface area contributed by atoms with Crippen LogP contribution in [0.1, 0.15) is 77.6 Å². The molecule has 8 unspecified atom stereocenters. The molecule has 0 aliphatic heterocycles. The monoisotopic (exact) mass is 444 g/mol. The zero-order valence-electron chi connectivity index (χ0n) is 19.0. The molecule has 0 aromatic rings. The number of alkyl halides is 3. The lowest BCUT2D eigenvalue weighted by Gasteiger charge is -2.59. The first kappa shape index (κ1) is 23.6. The van der Waals surface area contributed by atoms with Crippen molar-refractivity contribution in [2.45, 2.75) is 95.9 Å². The van der Waals surface area contributed by atoms with Crippen LogP contribution in [0.5, 0.6) is 0 Å². The van der Waals surface area contributed by atoms with Gasteiger partial charge in [-0.15, -0.1) is 0 Å². The van der Waals surface area contributed by atoms with Crippen LogP contribution in [0.2, 0.25) is 0 Å². The van der Waals surface area contributed by atoms with Gasteiger partial charge in [-0.2, -0.15) is 13.2 Å². The molecule has 6 heteroatoms. The SMILES string of the molecule is COCC12CCC(O)CC1=CCC1C2CCC2(C)C(CCCC(O)C(F)(F)F)CCC12. The van der Waals surface area contributed by atoms with Crippen LogP contribution < -0.4 is 0 Å². The highest BCUT2D eigenvalue weighted by molar-refractivity contribution is 5.26. The maximum atomic E-state index is 12.7. The Morgan fingerprint density at radius 3 is 2.65 bits per heavy atom. The number of aliphatic hydroxyl groups excluding tert-OH is 2. The molecular formula is C25H39F3O3. The van der Waals surface area contributed by atoms with E-state index in [1.165, 1.54) is 12.0 Å². The predicted molar refractivity (Wildman–Crippen MR) is 113 cm³/mol. The number of ether oxygens (including phenoxy) is 1. The Morgan fingerprint density at radius 2 is 1.94 bits per heavy atom. The summed E-state index contributed by atoms with van der Waals surface area (Å²) >= 11 is 0. The third kappa shape index (κ3) is 4.10. The molecule has 3 nitrogen and oxygen atoms in total. The topological polar surface area (TPSA) is 49.7 Å². The predicted octanol–water partition coefficient (Wildman–Crippen LogP) is 5.65. The van der Waals surface area contributed by atoms with E-state index < -0.39 is 12.3 Å². The zero-order valence-corrected chi connectivity index (χ0v) is 19.0. The fraction of sp³-hybridized carbons (Fsp3) is 0.920. The molecule has 0 spiro atoms. The van der Waals surface area contributed by atoms with Crippen molar-refractivity contribution in [2.75, 3.05) is 13.7 Å². The first-order chi connectivity index (χ1) is 14.6. The minimum Gasteiger partial charge on any atom is -0.393 e. The van der Waals surface area contributed by atoms with Gasteiger partial charge in [0.25, 0.3) is 0 Å². The fourth-order valence-electron chi connectivity index (χ4n) is 8.27. The summed E-state index contributed by atoms with van der Waals surface area (Å²) in [5.74, 6) is 2.26. The molecule has 4 rings (SSSR count). The van der Waals surface area contributed by atoms with Crippen molar-refractivity contribution >= 4 is 0 Å². The highest BCUT2D eigenvalue weighted by atomic mass is 19.4. The van der Waals surface area contributed by atoms with Crippen molar-refractivity contribution in [3.05, 3.63) is 11.6 Å². The largest absolute Gasteiger partial charge is 0.414 e. The van der Waals surface area contributed by atoms with E-state index >= 15 is 0 Å². The molecule has 0 amide bonds. The second kappa shape index (κ2) is 8.64. The van der Waals surface area contributed by atoms with Crippen molar-refractivity contribution in [3.63, 3.8) is 0 Å². The number of fused-ring (bicyclic) bond motifs is 5. The van der Waals surface area contributed by atoms with Crippen LogP contribution in [0.4, 0.5) is 13.2 Å². The zero-order chi connectivity index (χ0) is 22.4. The fourth-order valence-corrected chi connectivity index (χ4v) is 8.27. The average Bonchev–Trinajstić information content (AvgIpc) is 3.04. The highest BCUT2D eigenvalue weighted by Crippen LogP contribution is 2.66. The molecule has 3 fully saturated rings. The Labute approximate surface area is 184 Å². The van der Waals surface area contributed by atoms with Gasteiger partial charge in [0.05, 0.1) is 12.7 Å². The summed E-state index contributed by atoms with van der Waals surface area (Å²) in [7, 11) is 1.79. The molecule has 0 aromatic carbocycles. The van der Waals surface area contributed by atoms with Crippen LogP contribution in [0, 0.1) is 34.5 Å². The summed E-state index contributed by atoms with van der Waals surface area (Å²) in [5.41, 5.74) is 1.67. The molecule has 4 aliphatic carbocycles. The van der Waals surface area contributed by atoms with Crippen molar-refractivity contribution in [2.24, 2.45) is 34.5 Å². The van der Waals surface area contributed by atoms with Gasteiger partial charge in [0, 0.05) is 12.5 Å². The van der Waals surface area contributed by atoms with Gasteiger partial charge in [-0.3, -0.25) is 0 Å². The molecule has 0 heterocycles. The Kier molecular flexibility index (Phi) is 6.57. The standard InChI is InChI=1S/C25H39F3O3/c1-23-12-11-21-19(8-6-17-14-18(29)10-13-24(17,21)15-31-2)20(23)9-7-16(23)4-3-5-22(30)25(26,27)28/h6,16,18-22,29-30H,3-5,7-15H2,1-2H3. The van der Waals surface area contributed by atoms with E-state index in [1.807, 2.05) is 0 Å². The van der Waals surface area contributed by atoms with Crippen molar-refractivity contribution in [1.29, 1.82) is 0 Å². The van der Waals surface area contributed by atoms with Gasteiger partial charge < -0.3 is 14.9 Å². The lowest BCUT2D eigenvalue weighted by Crippen LogP contribution is -2.53. The maximum Gasteiger partial charge on any atom is 0.414 e. The van der Waals surface area contributed by atoms with Crippen LogP contribution in [0.15, 0.2) is 11.6 Å². The number of hydrogen-bond donors (Lipinski definition) is 2. The summed E-state index contributed by atoms with van der Waals surface area (Å²) < 4.78 is 43.7. The Balaban J connectivity index is 1.47. The third-order valence-electron chi connectivity index (χ3n) is 9.81. The molecular weight excluding hydrogens is 405 g/mol. The van der Waals surface area contributed by atoms with E-state index in [-0.39, 0.29) is 23.4 Å². The lowest BCUT2D eigenvalue weighted by atomic mass is 9.47. The second-order valence-corrected chi connectivity index (χ2v) is 11.1. The van der Waals surface area contributed by atoms with Gasteiger partial charge in [-0.25, -0.2) is 0 Å². The summed E-state index contributed by atoms with van der Waals surface area (Å²) in [5, 5.41) is 19.6. The van der Waals surface area contributed by atoms with Crippen LogP contribution in [0.25, 0.3) is 0 Å². The number of rotatable bonds is 6. The molecule has 2 N–H and O–H groups in total. The van der Waals surface area contributed by atoms with E-state index in [4.69, 9.17) is 4.74 Å². The quantitative estimate of drug-likeness (QED) is 0.521. The average molecular weight is 445 g/mol. The number of aliphatic hydroxyl groups is 2. The van der Waals surface area contributed by atoms with E-state index in [0.29, 0.717) is 30.1 Å². The van der Waals surface area contributed by atoms with E-state index in [9.17, 15) is 23.4 Å². The van der Waals surface area contributed by atoms with Gasteiger partial charge in [0.1, 0.15) is 6.10 Å². The summed E-state index contributed by atoms with van der Waals surface area (Å²) in [4.78, 5) is 0. The highest BCUT2D eigenvalue weighted by Gasteiger charge is 2.59. The summed E-state index contributed by atoms with van der Waals surface area (Å²) in [6.45, 7) is 3.12. The minimum absolute atomic E-state index is 0.0626. The molecule has 178 valence electrons. The molecule has 31 heavy (non-hydrogen) atoms. The Bertz CT molecular complexity index is 677. The van der Waals surface area contributed by atoms with Gasteiger partial charge in [0.2, 0.25) is 0 Å². The maximum absolute atomic E-state index is 12.7. The first-order valence-corrected chi connectivity index (χ1v) is 12.2. The van der Waals surface area contributed by atoms with Crippen LogP contribution in [-0.4, -0.2) is 42.3 Å². The van der Waals surface area contributed by atoms with Gasteiger partial charge in [0.15, 0.2) is 0 Å². The summed E-state index contributed by atoms with van der Waals surface area (Å²) in [6, 6.07) is 0. The van der Waals surface area contributed by atoms with E-state index in [0.717, 1.165) is 58.0 Å². The Hall–Kier alpha value is -0.590. The molecule has 0 bridgehead atoms. The minimum atomic E-state index is -4.50. The van der Waals surface area contributed by atoms with Crippen LogP contribution in [-0.2, 0) is 4.74 Å². The van der Waals surface area contributed by atoms with Crippen molar-refractivity contribution in [1.82, 2.24) is 0 Å². The van der Waals surface area contributed by atoms with Gasteiger partial charge >= 0.3 is 6.18 Å². The molecule has 4 aliphatic rings. The van der Waals surface area contributed by atoms with Crippen LogP contribution >= 0.6 is 0 Å². The smallest absolute Gasteiger partial charge is 0.393 e. The van der Waals surface area contributed by atoms with Crippen molar-refractivity contribution < 1.29 is 28.1 Å². The van der Waals surface area contributed by atoms with Crippen molar-refractivity contribution in [3.8, 4) is 0 Å². The molecule has 0 aromatic heterocycles. The Morgan fingerprint density at radius 1 is 1.16 bits per heavy atom. The molecule has 8 atom stereocenters.